The maximum absolute atomic E-state index is 12.7. The third-order valence-electron chi connectivity index (χ3n) is 6.79. The van der Waals surface area contributed by atoms with Crippen LogP contribution < -0.4 is 10.1 Å². The van der Waals surface area contributed by atoms with Gasteiger partial charge in [-0.2, -0.15) is 0 Å². The summed E-state index contributed by atoms with van der Waals surface area (Å²) in [5.74, 6) is 0.893. The number of amides is 1. The van der Waals surface area contributed by atoms with Crippen LogP contribution in [0.3, 0.4) is 0 Å². The minimum absolute atomic E-state index is 0.0251. The molecule has 0 saturated carbocycles. The minimum atomic E-state index is 0.0251. The molecule has 0 spiro atoms. The zero-order chi connectivity index (χ0) is 21.2. The molecule has 5 nitrogen and oxygen atoms in total. The molecule has 0 aliphatic carbocycles. The standard InChI is InChI=1S/C26H31N3O2/c1-19-22(16-28-11-4-5-12-28)18-31-25-14-23(8-9-24(19)25)27-26(30)17-29-13-10-20-6-2-3-7-21(20)15-29/h2-3,6-9,14H,4-5,10-13,15-18H2,1H3,(H,27,30). The minimum Gasteiger partial charge on any atom is -0.488 e. The van der Waals surface area contributed by atoms with Gasteiger partial charge in [-0.05, 0) is 73.7 Å². The molecular weight excluding hydrogens is 386 g/mol. The number of likely N-dealkylation sites (tertiary alicyclic amines) is 1. The largest absolute Gasteiger partial charge is 0.488 e. The van der Waals surface area contributed by atoms with Crippen molar-refractivity contribution in [1.29, 1.82) is 0 Å². The second-order valence-electron chi connectivity index (χ2n) is 8.99. The van der Waals surface area contributed by atoms with Crippen LogP contribution in [0, 0.1) is 0 Å². The van der Waals surface area contributed by atoms with Gasteiger partial charge in [-0.25, -0.2) is 0 Å². The van der Waals surface area contributed by atoms with Crippen LogP contribution in [0.25, 0.3) is 5.57 Å². The van der Waals surface area contributed by atoms with Crippen molar-refractivity contribution in [1.82, 2.24) is 9.80 Å². The summed E-state index contributed by atoms with van der Waals surface area (Å²) in [6, 6.07) is 14.6. The van der Waals surface area contributed by atoms with Crippen LogP contribution in [0.2, 0.25) is 0 Å². The Bertz CT molecular complexity index is 1010. The highest BCUT2D eigenvalue weighted by molar-refractivity contribution is 5.93. The van der Waals surface area contributed by atoms with Crippen molar-refractivity contribution >= 4 is 17.2 Å². The molecule has 0 bridgehead atoms. The number of allylic oxidation sites excluding steroid dienone is 1. The van der Waals surface area contributed by atoms with E-state index in [1.165, 1.54) is 48.2 Å². The van der Waals surface area contributed by atoms with Crippen molar-refractivity contribution in [3.05, 3.63) is 64.7 Å². The predicted octanol–water partition coefficient (Wildman–Crippen LogP) is 3.95. The van der Waals surface area contributed by atoms with E-state index >= 15 is 0 Å². The fourth-order valence-electron chi connectivity index (χ4n) is 4.96. The van der Waals surface area contributed by atoms with E-state index in [0.717, 1.165) is 43.1 Å². The molecule has 0 radical (unpaired) electrons. The average Bonchev–Trinajstić information content (AvgIpc) is 3.29. The zero-order valence-electron chi connectivity index (χ0n) is 18.3. The Balaban J connectivity index is 1.21. The topological polar surface area (TPSA) is 44.8 Å². The number of hydrogen-bond donors (Lipinski definition) is 1. The molecule has 1 N–H and O–H groups in total. The molecule has 1 fully saturated rings. The summed E-state index contributed by atoms with van der Waals surface area (Å²) in [5.41, 5.74) is 7.37. The molecule has 3 aliphatic rings. The summed E-state index contributed by atoms with van der Waals surface area (Å²) in [6.07, 6.45) is 3.61. The van der Waals surface area contributed by atoms with Gasteiger partial charge in [0, 0.05) is 37.0 Å². The number of hydrogen-bond acceptors (Lipinski definition) is 4. The molecule has 2 aromatic rings. The van der Waals surface area contributed by atoms with Gasteiger partial charge in [0.1, 0.15) is 12.4 Å². The van der Waals surface area contributed by atoms with Crippen LogP contribution in [0.15, 0.2) is 48.0 Å². The Morgan fingerprint density at radius 2 is 1.84 bits per heavy atom. The molecule has 31 heavy (non-hydrogen) atoms. The Kier molecular flexibility index (Phi) is 5.79. The third-order valence-corrected chi connectivity index (χ3v) is 6.79. The van der Waals surface area contributed by atoms with Crippen molar-refractivity contribution in [2.45, 2.75) is 32.7 Å². The van der Waals surface area contributed by atoms with E-state index in [0.29, 0.717) is 13.2 Å². The van der Waals surface area contributed by atoms with E-state index in [-0.39, 0.29) is 5.91 Å². The molecule has 5 rings (SSSR count). The number of benzene rings is 2. The van der Waals surface area contributed by atoms with Gasteiger partial charge in [-0.3, -0.25) is 14.6 Å². The molecule has 2 aromatic carbocycles. The fraction of sp³-hybridized carbons (Fsp3) is 0.423. The van der Waals surface area contributed by atoms with Gasteiger partial charge in [-0.15, -0.1) is 0 Å². The van der Waals surface area contributed by atoms with Crippen LogP contribution in [0.1, 0.15) is 36.5 Å². The molecule has 1 saturated heterocycles. The van der Waals surface area contributed by atoms with Gasteiger partial charge in [0.2, 0.25) is 5.91 Å². The molecule has 0 aromatic heterocycles. The maximum Gasteiger partial charge on any atom is 0.238 e. The van der Waals surface area contributed by atoms with Gasteiger partial charge in [0.15, 0.2) is 0 Å². The number of nitrogens with zero attached hydrogens (tertiary/aromatic N) is 2. The number of fused-ring (bicyclic) bond motifs is 2. The van der Waals surface area contributed by atoms with Crippen molar-refractivity contribution in [3.8, 4) is 5.75 Å². The molecular formula is C26H31N3O2. The zero-order valence-corrected chi connectivity index (χ0v) is 18.3. The molecule has 162 valence electrons. The molecule has 3 heterocycles. The van der Waals surface area contributed by atoms with E-state index in [4.69, 9.17) is 4.74 Å². The van der Waals surface area contributed by atoms with Crippen LogP contribution in [-0.4, -0.2) is 55.0 Å². The van der Waals surface area contributed by atoms with E-state index in [9.17, 15) is 4.79 Å². The highest BCUT2D eigenvalue weighted by atomic mass is 16.5. The number of rotatable bonds is 5. The van der Waals surface area contributed by atoms with Crippen molar-refractivity contribution in [2.24, 2.45) is 0 Å². The Hall–Kier alpha value is -2.63. The molecule has 1 amide bonds. The summed E-state index contributed by atoms with van der Waals surface area (Å²) in [5, 5.41) is 3.06. The van der Waals surface area contributed by atoms with Crippen molar-refractivity contribution in [3.63, 3.8) is 0 Å². The van der Waals surface area contributed by atoms with Gasteiger partial charge in [0.05, 0.1) is 6.54 Å². The van der Waals surface area contributed by atoms with Gasteiger partial charge >= 0.3 is 0 Å². The second-order valence-corrected chi connectivity index (χ2v) is 8.99. The SMILES string of the molecule is CC1=C(CN2CCCC2)COc2cc(NC(=O)CN3CCc4ccccc4C3)ccc21. The van der Waals surface area contributed by atoms with E-state index in [2.05, 4.69) is 52.4 Å². The van der Waals surface area contributed by atoms with Gasteiger partial charge in [-0.1, -0.05) is 24.3 Å². The highest BCUT2D eigenvalue weighted by Crippen LogP contribution is 2.35. The van der Waals surface area contributed by atoms with Crippen LogP contribution in [0.4, 0.5) is 5.69 Å². The lowest BCUT2D eigenvalue weighted by atomic mass is 9.97. The smallest absolute Gasteiger partial charge is 0.238 e. The first-order valence-electron chi connectivity index (χ1n) is 11.4. The summed E-state index contributed by atoms with van der Waals surface area (Å²) >= 11 is 0. The molecule has 3 aliphatic heterocycles. The highest BCUT2D eigenvalue weighted by Gasteiger charge is 2.22. The Morgan fingerprint density at radius 1 is 1.03 bits per heavy atom. The van der Waals surface area contributed by atoms with Crippen LogP contribution in [-0.2, 0) is 17.8 Å². The Morgan fingerprint density at radius 3 is 2.68 bits per heavy atom. The molecule has 0 unspecified atom stereocenters. The predicted molar refractivity (Wildman–Crippen MR) is 124 cm³/mol. The maximum atomic E-state index is 12.7. The lowest BCUT2D eigenvalue weighted by molar-refractivity contribution is -0.117. The first-order chi connectivity index (χ1) is 15.2. The van der Waals surface area contributed by atoms with Crippen molar-refractivity contribution in [2.75, 3.05) is 44.6 Å². The molecule has 5 heteroatoms. The summed E-state index contributed by atoms with van der Waals surface area (Å²) < 4.78 is 6.08. The number of nitrogens with one attached hydrogen (secondary N) is 1. The fourth-order valence-corrected chi connectivity index (χ4v) is 4.96. The van der Waals surface area contributed by atoms with Gasteiger partial charge in [0.25, 0.3) is 0 Å². The first kappa shape index (κ1) is 20.3. The summed E-state index contributed by atoms with van der Waals surface area (Å²) in [7, 11) is 0. The normalized spacial score (nSPS) is 19.0. The average molecular weight is 418 g/mol. The summed E-state index contributed by atoms with van der Waals surface area (Å²) in [6.45, 7) is 8.38. The lowest BCUT2D eigenvalue weighted by Crippen LogP contribution is -2.37. The lowest BCUT2D eigenvalue weighted by Gasteiger charge is -2.28. The van der Waals surface area contributed by atoms with E-state index in [1.807, 2.05) is 12.1 Å². The van der Waals surface area contributed by atoms with Crippen molar-refractivity contribution < 1.29 is 9.53 Å². The molecule has 0 atom stereocenters. The Labute approximate surface area is 184 Å². The number of carbonyl (C=O) groups is 1. The van der Waals surface area contributed by atoms with Crippen LogP contribution in [0.5, 0.6) is 5.75 Å². The third kappa shape index (κ3) is 4.53. The number of carbonyl (C=O) groups excluding carboxylic acids is 1. The first-order valence-corrected chi connectivity index (χ1v) is 11.4. The van der Waals surface area contributed by atoms with E-state index < -0.39 is 0 Å². The van der Waals surface area contributed by atoms with Gasteiger partial charge < -0.3 is 10.1 Å². The second kappa shape index (κ2) is 8.85. The van der Waals surface area contributed by atoms with E-state index in [1.54, 1.807) is 0 Å². The van der Waals surface area contributed by atoms with Crippen LogP contribution >= 0.6 is 0 Å². The summed E-state index contributed by atoms with van der Waals surface area (Å²) in [4.78, 5) is 17.4. The number of anilines is 1. The monoisotopic (exact) mass is 417 g/mol. The number of ether oxygens (including phenoxy) is 1. The quantitative estimate of drug-likeness (QED) is 0.800.